The lowest BCUT2D eigenvalue weighted by Crippen LogP contribution is -2.32. The number of amides is 1. The molecule has 4 N–H and O–H groups in total. The van der Waals surface area contributed by atoms with Gasteiger partial charge in [-0.1, -0.05) is 23.2 Å². The van der Waals surface area contributed by atoms with Crippen LogP contribution < -0.4 is 16.6 Å². The summed E-state index contributed by atoms with van der Waals surface area (Å²) in [5.41, 5.74) is 7.03. The van der Waals surface area contributed by atoms with Gasteiger partial charge in [-0.3, -0.25) is 14.6 Å². The number of aromatic amines is 1. The number of hydrogen-bond donors (Lipinski definition) is 3. The number of benzene rings is 1. The van der Waals surface area contributed by atoms with Gasteiger partial charge in [0.05, 0.1) is 15.7 Å². The molecule has 0 fully saturated rings. The van der Waals surface area contributed by atoms with Crippen LogP contribution in [0.15, 0.2) is 23.0 Å². The van der Waals surface area contributed by atoms with Crippen molar-refractivity contribution in [3.05, 3.63) is 49.9 Å². The zero-order valence-electron chi connectivity index (χ0n) is 12.0. The largest absolute Gasteiger partial charge is 0.369 e. The number of aryl methyl sites for hydroxylation is 1. The number of carbonyl (C=O) groups excluding carboxylic acids is 1. The minimum Gasteiger partial charge on any atom is -0.369 e. The summed E-state index contributed by atoms with van der Waals surface area (Å²) in [4.78, 5) is 31.0. The van der Waals surface area contributed by atoms with Gasteiger partial charge < -0.3 is 11.1 Å². The van der Waals surface area contributed by atoms with E-state index in [4.69, 9.17) is 28.9 Å². The van der Waals surface area contributed by atoms with E-state index in [9.17, 15) is 9.59 Å². The number of H-pyrrole nitrogens is 1. The number of nitrogens with zero attached hydrogens (tertiary/aromatic N) is 1. The van der Waals surface area contributed by atoms with Crippen molar-refractivity contribution in [1.82, 2.24) is 9.97 Å². The molecule has 1 aromatic heterocycles. The maximum atomic E-state index is 12.4. The summed E-state index contributed by atoms with van der Waals surface area (Å²) >= 11 is 11.8. The van der Waals surface area contributed by atoms with Crippen molar-refractivity contribution in [2.24, 2.45) is 5.92 Å². The lowest BCUT2D eigenvalue weighted by atomic mass is 9.86. The number of fused-ring (bicyclic) bond motifs is 1. The highest BCUT2D eigenvalue weighted by atomic mass is 35.5. The molecule has 120 valence electrons. The van der Waals surface area contributed by atoms with Crippen molar-refractivity contribution in [2.45, 2.75) is 19.3 Å². The average molecular weight is 353 g/mol. The van der Waals surface area contributed by atoms with Crippen molar-refractivity contribution in [2.75, 3.05) is 11.1 Å². The van der Waals surface area contributed by atoms with Crippen LogP contribution in [0.5, 0.6) is 0 Å². The van der Waals surface area contributed by atoms with Crippen LogP contribution in [0.25, 0.3) is 0 Å². The minimum atomic E-state index is -0.302. The number of hydrogen-bond acceptors (Lipinski definition) is 4. The maximum absolute atomic E-state index is 12.4. The monoisotopic (exact) mass is 352 g/mol. The van der Waals surface area contributed by atoms with E-state index in [1.54, 1.807) is 18.2 Å². The van der Waals surface area contributed by atoms with E-state index < -0.39 is 0 Å². The topological polar surface area (TPSA) is 101 Å². The van der Waals surface area contributed by atoms with E-state index in [1.165, 1.54) is 0 Å². The highest BCUT2D eigenvalue weighted by molar-refractivity contribution is 6.42. The van der Waals surface area contributed by atoms with Crippen LogP contribution >= 0.6 is 23.2 Å². The van der Waals surface area contributed by atoms with Crippen LogP contribution in [0.3, 0.4) is 0 Å². The number of nitrogen functional groups attached to an aromatic ring is 1. The summed E-state index contributed by atoms with van der Waals surface area (Å²) in [5.74, 6) is -0.360. The number of halogens is 2. The average Bonchev–Trinajstić information content (AvgIpc) is 2.50. The molecule has 3 rings (SSSR count). The molecule has 0 radical (unpaired) electrons. The molecule has 1 aliphatic carbocycles. The van der Waals surface area contributed by atoms with Crippen LogP contribution in [-0.4, -0.2) is 15.9 Å². The molecule has 0 aliphatic heterocycles. The van der Waals surface area contributed by atoms with Gasteiger partial charge in [-0.2, -0.15) is 0 Å². The Balaban J connectivity index is 1.76. The summed E-state index contributed by atoms with van der Waals surface area (Å²) in [6.07, 6.45) is 1.49. The summed E-state index contributed by atoms with van der Waals surface area (Å²) in [7, 11) is 0. The summed E-state index contributed by atoms with van der Waals surface area (Å²) < 4.78 is 0. The van der Waals surface area contributed by atoms with Crippen molar-refractivity contribution >= 4 is 40.7 Å². The molecule has 8 heteroatoms. The molecule has 0 spiro atoms. The van der Waals surface area contributed by atoms with Crippen LogP contribution in [0, 0.1) is 5.92 Å². The van der Waals surface area contributed by atoms with Crippen LogP contribution in [0.4, 0.5) is 11.6 Å². The number of carbonyl (C=O) groups is 1. The number of aromatic nitrogens is 2. The van der Waals surface area contributed by atoms with Gasteiger partial charge in [-0.15, -0.1) is 0 Å². The standard InChI is InChI=1S/C15H14Cl2N4O2/c16-10-3-2-8(6-11(10)17)19-13(22)7-1-4-12-9(5-7)14(23)21-15(18)20-12/h2-3,6-7H,1,4-5H2,(H,19,22)(H3,18,20,21,23). The van der Waals surface area contributed by atoms with E-state index in [2.05, 4.69) is 15.3 Å². The number of nitrogens with one attached hydrogen (secondary N) is 2. The molecule has 0 bridgehead atoms. The Kier molecular flexibility index (Phi) is 4.28. The van der Waals surface area contributed by atoms with E-state index in [-0.39, 0.29) is 23.3 Å². The van der Waals surface area contributed by atoms with E-state index in [0.29, 0.717) is 46.3 Å². The van der Waals surface area contributed by atoms with Gasteiger partial charge >= 0.3 is 0 Å². The molecule has 1 unspecified atom stereocenters. The summed E-state index contributed by atoms with van der Waals surface area (Å²) in [5, 5.41) is 3.59. The Morgan fingerprint density at radius 2 is 2.13 bits per heavy atom. The quantitative estimate of drug-likeness (QED) is 0.772. The van der Waals surface area contributed by atoms with Crippen molar-refractivity contribution < 1.29 is 4.79 Å². The third-order valence-corrected chi connectivity index (χ3v) is 4.60. The first-order valence-corrected chi connectivity index (χ1v) is 7.83. The number of rotatable bonds is 2. The molecule has 0 saturated heterocycles. The predicted octanol–water partition coefficient (Wildman–Crippen LogP) is 2.40. The van der Waals surface area contributed by atoms with E-state index in [1.807, 2.05) is 0 Å². The fourth-order valence-electron chi connectivity index (χ4n) is 2.68. The molecule has 0 saturated carbocycles. The highest BCUT2D eigenvalue weighted by Gasteiger charge is 2.27. The van der Waals surface area contributed by atoms with E-state index in [0.717, 1.165) is 0 Å². The van der Waals surface area contributed by atoms with Gasteiger partial charge in [0.1, 0.15) is 0 Å². The third-order valence-electron chi connectivity index (χ3n) is 3.86. The lowest BCUT2D eigenvalue weighted by molar-refractivity contribution is -0.120. The second-order valence-electron chi connectivity index (χ2n) is 5.43. The Labute approximate surface area is 142 Å². The fraction of sp³-hybridized carbons (Fsp3) is 0.267. The maximum Gasteiger partial charge on any atom is 0.255 e. The summed E-state index contributed by atoms with van der Waals surface area (Å²) in [6.45, 7) is 0. The normalized spacial score (nSPS) is 16.7. The van der Waals surface area contributed by atoms with Gasteiger partial charge in [0.2, 0.25) is 11.9 Å². The predicted molar refractivity (Wildman–Crippen MR) is 89.9 cm³/mol. The van der Waals surface area contributed by atoms with Crippen LogP contribution in [0.2, 0.25) is 10.0 Å². The molecule has 6 nitrogen and oxygen atoms in total. The Morgan fingerprint density at radius 3 is 2.87 bits per heavy atom. The molecule has 1 heterocycles. The minimum absolute atomic E-state index is 0.104. The smallest absolute Gasteiger partial charge is 0.255 e. The van der Waals surface area contributed by atoms with Crippen LogP contribution in [-0.2, 0) is 17.6 Å². The highest BCUT2D eigenvalue weighted by Crippen LogP contribution is 2.27. The molecule has 1 aliphatic rings. The molecular weight excluding hydrogens is 339 g/mol. The lowest BCUT2D eigenvalue weighted by Gasteiger charge is -2.22. The van der Waals surface area contributed by atoms with Crippen LogP contribution in [0.1, 0.15) is 17.7 Å². The molecule has 1 atom stereocenters. The van der Waals surface area contributed by atoms with Crippen molar-refractivity contribution in [3.63, 3.8) is 0 Å². The first-order chi connectivity index (χ1) is 10.9. The second-order valence-corrected chi connectivity index (χ2v) is 6.25. The Hall–Kier alpha value is -2.05. The van der Waals surface area contributed by atoms with Gasteiger partial charge in [0, 0.05) is 17.2 Å². The first-order valence-electron chi connectivity index (χ1n) is 7.07. The Morgan fingerprint density at radius 1 is 1.35 bits per heavy atom. The molecule has 1 amide bonds. The zero-order chi connectivity index (χ0) is 16.6. The second kappa shape index (κ2) is 6.22. The molecule has 23 heavy (non-hydrogen) atoms. The molecule has 1 aromatic carbocycles. The summed E-state index contributed by atoms with van der Waals surface area (Å²) in [6, 6.07) is 4.89. The van der Waals surface area contributed by atoms with Gasteiger partial charge in [0.15, 0.2) is 0 Å². The number of nitrogens with two attached hydrogens (primary N) is 1. The fourth-order valence-corrected chi connectivity index (χ4v) is 2.98. The number of anilines is 2. The Bertz CT molecular complexity index is 835. The van der Waals surface area contributed by atoms with Crippen molar-refractivity contribution in [1.29, 1.82) is 0 Å². The van der Waals surface area contributed by atoms with E-state index >= 15 is 0 Å². The van der Waals surface area contributed by atoms with Gasteiger partial charge in [0.25, 0.3) is 5.56 Å². The van der Waals surface area contributed by atoms with Gasteiger partial charge in [-0.05, 0) is 37.5 Å². The first kappa shape index (κ1) is 15.8. The SMILES string of the molecule is Nc1nc2c(c(=O)[nH]1)CC(C(=O)Nc1ccc(Cl)c(Cl)c1)CC2. The molecule has 2 aromatic rings. The van der Waals surface area contributed by atoms with Gasteiger partial charge in [-0.25, -0.2) is 4.98 Å². The van der Waals surface area contributed by atoms with Crippen molar-refractivity contribution in [3.8, 4) is 0 Å². The molecular formula is C15H14Cl2N4O2. The third kappa shape index (κ3) is 3.33. The zero-order valence-corrected chi connectivity index (χ0v) is 13.5.